The summed E-state index contributed by atoms with van der Waals surface area (Å²) in [7, 11) is 0. The number of anilines is 1. The Bertz CT molecular complexity index is 464. The average Bonchev–Trinajstić information content (AvgIpc) is 2.33. The van der Waals surface area contributed by atoms with Gasteiger partial charge < -0.3 is 4.90 Å². The molecular formula is C13H17BrN2O2. The van der Waals surface area contributed by atoms with Crippen LogP contribution in [0.1, 0.15) is 26.7 Å². The summed E-state index contributed by atoms with van der Waals surface area (Å²) in [6.45, 7) is 5.26. The summed E-state index contributed by atoms with van der Waals surface area (Å²) in [6, 6.07) is 5.64. The van der Waals surface area contributed by atoms with E-state index in [1.54, 1.807) is 6.07 Å². The summed E-state index contributed by atoms with van der Waals surface area (Å²) in [6.07, 6.45) is 2.29. The highest BCUT2D eigenvalue weighted by atomic mass is 79.9. The van der Waals surface area contributed by atoms with Crippen LogP contribution >= 0.6 is 15.9 Å². The van der Waals surface area contributed by atoms with Crippen molar-refractivity contribution in [2.45, 2.75) is 32.7 Å². The lowest BCUT2D eigenvalue weighted by Crippen LogP contribution is -2.42. The number of hydrogen-bond donors (Lipinski definition) is 0. The number of halogens is 1. The molecule has 0 aliphatic carbocycles. The fraction of sp³-hybridized carbons (Fsp3) is 0.538. The lowest BCUT2D eigenvalue weighted by molar-refractivity contribution is -0.384. The van der Waals surface area contributed by atoms with Crippen LogP contribution in [0.3, 0.4) is 0 Å². The second-order valence-corrected chi connectivity index (χ2v) is 5.86. The van der Waals surface area contributed by atoms with Gasteiger partial charge in [0.1, 0.15) is 5.69 Å². The molecule has 0 N–H and O–H groups in total. The molecule has 4 nitrogen and oxygen atoms in total. The summed E-state index contributed by atoms with van der Waals surface area (Å²) >= 11 is 3.29. The van der Waals surface area contributed by atoms with Crippen LogP contribution in [0.5, 0.6) is 0 Å². The fourth-order valence-electron chi connectivity index (χ4n) is 2.56. The number of nitro groups is 1. The van der Waals surface area contributed by atoms with Gasteiger partial charge in [0.15, 0.2) is 0 Å². The molecule has 0 aromatic heterocycles. The summed E-state index contributed by atoms with van der Waals surface area (Å²) in [5, 5.41) is 11.2. The van der Waals surface area contributed by atoms with Gasteiger partial charge in [-0.3, -0.25) is 10.1 Å². The van der Waals surface area contributed by atoms with E-state index in [1.807, 2.05) is 12.1 Å². The van der Waals surface area contributed by atoms with E-state index in [0.717, 1.165) is 23.1 Å². The minimum Gasteiger partial charge on any atom is -0.363 e. The molecule has 1 heterocycles. The number of rotatable bonds is 2. The van der Waals surface area contributed by atoms with Crippen molar-refractivity contribution in [1.29, 1.82) is 0 Å². The molecular weight excluding hydrogens is 296 g/mol. The fourth-order valence-corrected chi connectivity index (χ4v) is 2.91. The average molecular weight is 313 g/mol. The van der Waals surface area contributed by atoms with Gasteiger partial charge in [0, 0.05) is 23.1 Å². The van der Waals surface area contributed by atoms with Crippen LogP contribution < -0.4 is 4.90 Å². The maximum atomic E-state index is 11.2. The lowest BCUT2D eigenvalue weighted by Gasteiger charge is -2.39. The van der Waals surface area contributed by atoms with Crippen molar-refractivity contribution in [1.82, 2.24) is 0 Å². The second kappa shape index (κ2) is 5.26. The lowest BCUT2D eigenvalue weighted by atomic mass is 9.91. The Kier molecular flexibility index (Phi) is 3.90. The van der Waals surface area contributed by atoms with Crippen molar-refractivity contribution in [3.8, 4) is 0 Å². The van der Waals surface area contributed by atoms with Gasteiger partial charge in [-0.05, 0) is 37.8 Å². The van der Waals surface area contributed by atoms with E-state index in [2.05, 4.69) is 34.7 Å². The Labute approximate surface area is 115 Å². The van der Waals surface area contributed by atoms with Gasteiger partial charge in [-0.1, -0.05) is 22.9 Å². The van der Waals surface area contributed by atoms with Crippen LogP contribution in [-0.4, -0.2) is 17.5 Å². The van der Waals surface area contributed by atoms with Crippen molar-refractivity contribution in [2.24, 2.45) is 5.92 Å². The van der Waals surface area contributed by atoms with Crippen LogP contribution in [0.2, 0.25) is 0 Å². The minimum absolute atomic E-state index is 0.185. The van der Waals surface area contributed by atoms with Gasteiger partial charge in [-0.15, -0.1) is 0 Å². The van der Waals surface area contributed by atoms with Crippen molar-refractivity contribution in [2.75, 3.05) is 11.4 Å². The Morgan fingerprint density at radius 1 is 1.44 bits per heavy atom. The Balaban J connectivity index is 2.40. The smallest absolute Gasteiger partial charge is 0.293 e. The third-order valence-electron chi connectivity index (χ3n) is 3.82. The first-order chi connectivity index (χ1) is 8.50. The molecule has 1 aromatic rings. The van der Waals surface area contributed by atoms with Crippen LogP contribution in [-0.2, 0) is 0 Å². The van der Waals surface area contributed by atoms with E-state index < -0.39 is 0 Å². The van der Waals surface area contributed by atoms with Gasteiger partial charge in [0.25, 0.3) is 5.69 Å². The summed E-state index contributed by atoms with van der Waals surface area (Å²) < 4.78 is 0.746. The molecule has 0 radical (unpaired) electrons. The van der Waals surface area contributed by atoms with E-state index in [4.69, 9.17) is 0 Å². The standard InChI is InChI=1S/C13H17BrN2O2/c1-9-4-3-7-15(10(9)2)12-6-5-11(14)8-13(12)16(17)18/h5-6,8-10H,3-4,7H2,1-2H3. The maximum absolute atomic E-state index is 11.2. The van der Waals surface area contributed by atoms with E-state index in [0.29, 0.717) is 12.0 Å². The molecule has 2 unspecified atom stereocenters. The maximum Gasteiger partial charge on any atom is 0.293 e. The first-order valence-electron chi connectivity index (χ1n) is 6.21. The molecule has 0 amide bonds. The molecule has 1 fully saturated rings. The molecule has 0 saturated carbocycles. The van der Waals surface area contributed by atoms with Crippen LogP contribution in [0.25, 0.3) is 0 Å². The third-order valence-corrected chi connectivity index (χ3v) is 4.31. The van der Waals surface area contributed by atoms with E-state index in [9.17, 15) is 10.1 Å². The monoisotopic (exact) mass is 312 g/mol. The summed E-state index contributed by atoms with van der Waals surface area (Å²) in [5.74, 6) is 0.571. The van der Waals surface area contributed by atoms with Crippen molar-refractivity contribution < 1.29 is 4.92 Å². The van der Waals surface area contributed by atoms with Gasteiger partial charge >= 0.3 is 0 Å². The molecule has 1 aromatic carbocycles. The van der Waals surface area contributed by atoms with Crippen molar-refractivity contribution in [3.05, 3.63) is 32.8 Å². The number of hydrogen-bond acceptors (Lipinski definition) is 3. The van der Waals surface area contributed by atoms with E-state index in [-0.39, 0.29) is 10.6 Å². The molecule has 0 spiro atoms. The predicted molar refractivity (Wildman–Crippen MR) is 76.0 cm³/mol. The number of nitro benzene ring substituents is 1. The molecule has 1 saturated heterocycles. The number of benzene rings is 1. The van der Waals surface area contributed by atoms with Gasteiger partial charge in [0.2, 0.25) is 0 Å². The molecule has 1 aliphatic heterocycles. The van der Waals surface area contributed by atoms with Crippen LogP contribution in [0.15, 0.2) is 22.7 Å². The highest BCUT2D eigenvalue weighted by Gasteiger charge is 2.29. The normalized spacial score (nSPS) is 24.1. The van der Waals surface area contributed by atoms with Crippen molar-refractivity contribution >= 4 is 27.3 Å². The molecule has 98 valence electrons. The second-order valence-electron chi connectivity index (χ2n) is 4.94. The van der Waals surface area contributed by atoms with Gasteiger partial charge in [-0.2, -0.15) is 0 Å². The first kappa shape index (κ1) is 13.3. The quantitative estimate of drug-likeness (QED) is 0.613. The minimum atomic E-state index is -0.300. The van der Waals surface area contributed by atoms with E-state index in [1.165, 1.54) is 6.42 Å². The van der Waals surface area contributed by atoms with Crippen LogP contribution in [0.4, 0.5) is 11.4 Å². The van der Waals surface area contributed by atoms with Gasteiger partial charge in [-0.25, -0.2) is 0 Å². The Hall–Kier alpha value is -1.10. The molecule has 2 atom stereocenters. The SMILES string of the molecule is CC1CCCN(c2ccc(Br)cc2[N+](=O)[O-])C1C. The topological polar surface area (TPSA) is 46.4 Å². The number of nitrogens with zero attached hydrogens (tertiary/aromatic N) is 2. The largest absolute Gasteiger partial charge is 0.363 e. The molecule has 0 bridgehead atoms. The zero-order valence-electron chi connectivity index (χ0n) is 10.6. The zero-order valence-corrected chi connectivity index (χ0v) is 12.2. The first-order valence-corrected chi connectivity index (χ1v) is 7.00. The molecule has 5 heteroatoms. The molecule has 18 heavy (non-hydrogen) atoms. The molecule has 1 aliphatic rings. The third kappa shape index (κ3) is 2.51. The zero-order chi connectivity index (χ0) is 13.3. The van der Waals surface area contributed by atoms with Crippen LogP contribution in [0, 0.1) is 16.0 Å². The highest BCUT2D eigenvalue weighted by molar-refractivity contribution is 9.10. The molecule has 2 rings (SSSR count). The van der Waals surface area contributed by atoms with Crippen molar-refractivity contribution in [3.63, 3.8) is 0 Å². The Morgan fingerprint density at radius 3 is 2.83 bits per heavy atom. The summed E-state index contributed by atoms with van der Waals surface area (Å²) in [4.78, 5) is 13.0. The number of piperidine rings is 1. The summed E-state index contributed by atoms with van der Waals surface area (Å²) in [5.41, 5.74) is 0.924. The predicted octanol–water partition coefficient (Wildman–Crippen LogP) is 3.98. The van der Waals surface area contributed by atoms with Gasteiger partial charge in [0.05, 0.1) is 4.92 Å². The Morgan fingerprint density at radius 2 is 2.17 bits per heavy atom. The van der Waals surface area contributed by atoms with E-state index >= 15 is 0 Å². The highest BCUT2D eigenvalue weighted by Crippen LogP contribution is 2.36.